The number of hydrogen-bond acceptors (Lipinski definition) is 6. The van der Waals surface area contributed by atoms with E-state index in [1.807, 2.05) is 0 Å². The summed E-state index contributed by atoms with van der Waals surface area (Å²) in [6, 6.07) is 1.64. The van der Waals surface area contributed by atoms with E-state index < -0.39 is 18.6 Å². The van der Waals surface area contributed by atoms with Crippen LogP contribution in [0.1, 0.15) is 6.92 Å². The van der Waals surface area contributed by atoms with Crippen LogP contribution in [0.4, 0.5) is 0 Å². The van der Waals surface area contributed by atoms with Crippen molar-refractivity contribution in [2.45, 2.75) is 19.0 Å². The van der Waals surface area contributed by atoms with Crippen LogP contribution in [-0.4, -0.2) is 59.1 Å². The predicted molar refractivity (Wildman–Crippen MR) is 76.7 cm³/mol. The van der Waals surface area contributed by atoms with Crippen LogP contribution in [0.3, 0.4) is 0 Å². The lowest BCUT2D eigenvalue weighted by Crippen LogP contribution is -2.42. The molecule has 0 radical (unpaired) electrons. The third-order valence-corrected chi connectivity index (χ3v) is 7.27. The van der Waals surface area contributed by atoms with Gasteiger partial charge in [-0.25, -0.2) is 4.79 Å². The summed E-state index contributed by atoms with van der Waals surface area (Å²) < 4.78 is 26.3. The lowest BCUT2D eigenvalue weighted by atomic mass is 10.4. The zero-order valence-electron chi connectivity index (χ0n) is 12.2. The Kier molecular flexibility index (Phi) is 10.0. The molecule has 0 saturated heterocycles. The molecule has 0 saturated carbocycles. The van der Waals surface area contributed by atoms with Crippen LogP contribution in [-0.2, 0) is 27.2 Å². The number of rotatable bonds is 11. The number of ether oxygens (including phenoxy) is 1. The Morgan fingerprint density at radius 3 is 2.21 bits per heavy atom. The Morgan fingerprint density at radius 2 is 1.74 bits per heavy atom. The largest absolute Gasteiger partial charge is 0.499 e. The maximum absolute atomic E-state index is 11.1. The third kappa shape index (κ3) is 7.60. The molecule has 0 aliphatic rings. The lowest BCUT2D eigenvalue weighted by Gasteiger charge is -2.24. The van der Waals surface area contributed by atoms with Crippen LogP contribution in [0.15, 0.2) is 12.2 Å². The van der Waals surface area contributed by atoms with Gasteiger partial charge in [-0.1, -0.05) is 6.58 Å². The van der Waals surface area contributed by atoms with Gasteiger partial charge in [0, 0.05) is 32.9 Å². The van der Waals surface area contributed by atoms with Crippen LogP contribution in [0.25, 0.3) is 0 Å². The van der Waals surface area contributed by atoms with Crippen LogP contribution in [0, 0.1) is 0 Å². The molecule has 0 spiro atoms. The molecule has 0 aliphatic carbocycles. The fourth-order valence-corrected chi connectivity index (χ4v) is 5.31. The van der Waals surface area contributed by atoms with Crippen molar-refractivity contribution in [3.05, 3.63) is 12.2 Å². The van der Waals surface area contributed by atoms with Gasteiger partial charge in [0.2, 0.25) is 0 Å². The zero-order valence-corrected chi connectivity index (χ0v) is 14.6. The molecule has 0 atom stereocenters. The Bertz CT molecular complexity index is 272. The summed E-state index contributed by atoms with van der Waals surface area (Å²) in [5, 5.41) is 0. The molecule has 0 bridgehead atoms. The third-order valence-electron chi connectivity index (χ3n) is 2.51. The van der Waals surface area contributed by atoms with E-state index in [-0.39, 0.29) is 12.6 Å². The SMILES string of the molecule is C=C(C)C(=O)OCCO[SiH2]CC[Si](OC)(OC)OC. The van der Waals surface area contributed by atoms with E-state index >= 15 is 0 Å². The van der Waals surface area contributed by atoms with Crippen molar-refractivity contribution in [1.29, 1.82) is 0 Å². The van der Waals surface area contributed by atoms with Crippen LogP contribution in [0.2, 0.25) is 12.1 Å². The molecule has 6 nitrogen and oxygen atoms in total. The van der Waals surface area contributed by atoms with Gasteiger partial charge in [0.1, 0.15) is 6.61 Å². The fourth-order valence-electron chi connectivity index (χ4n) is 1.37. The molecule has 112 valence electrons. The lowest BCUT2D eigenvalue weighted by molar-refractivity contribution is -0.139. The summed E-state index contributed by atoms with van der Waals surface area (Å²) in [5.74, 6) is -0.380. The Morgan fingerprint density at radius 1 is 1.16 bits per heavy atom. The first-order chi connectivity index (χ1) is 9.01. The molecule has 8 heteroatoms. The van der Waals surface area contributed by atoms with Crippen molar-refractivity contribution in [2.75, 3.05) is 34.5 Å². The van der Waals surface area contributed by atoms with Gasteiger partial charge in [-0.2, -0.15) is 0 Å². The van der Waals surface area contributed by atoms with Gasteiger partial charge < -0.3 is 22.4 Å². The number of esters is 1. The van der Waals surface area contributed by atoms with Crippen LogP contribution < -0.4 is 0 Å². The molecule has 0 aromatic heterocycles. The molecule has 19 heavy (non-hydrogen) atoms. The van der Waals surface area contributed by atoms with E-state index in [1.165, 1.54) is 0 Å². The highest BCUT2D eigenvalue weighted by Crippen LogP contribution is 2.14. The van der Waals surface area contributed by atoms with Gasteiger partial charge in [-0.05, 0) is 13.0 Å². The van der Waals surface area contributed by atoms with Gasteiger partial charge in [-0.15, -0.1) is 0 Å². The van der Waals surface area contributed by atoms with Crippen LogP contribution in [0.5, 0.6) is 0 Å². The second-order valence-electron chi connectivity index (χ2n) is 3.93. The predicted octanol–water partition coefficient (Wildman–Crippen LogP) is 0.502. The van der Waals surface area contributed by atoms with E-state index in [0.29, 0.717) is 12.2 Å². The second kappa shape index (κ2) is 10.3. The van der Waals surface area contributed by atoms with E-state index in [4.69, 9.17) is 22.4 Å². The molecule has 0 N–H and O–H groups in total. The first-order valence-electron chi connectivity index (χ1n) is 6.07. The van der Waals surface area contributed by atoms with E-state index in [0.717, 1.165) is 12.1 Å². The average Bonchev–Trinajstić information content (AvgIpc) is 2.42. The Labute approximate surface area is 118 Å². The summed E-state index contributed by atoms with van der Waals surface area (Å²) in [6.07, 6.45) is 0. The first kappa shape index (κ1) is 18.5. The first-order valence-corrected chi connectivity index (χ1v) is 9.58. The minimum atomic E-state index is -2.46. The van der Waals surface area contributed by atoms with Gasteiger partial charge >= 0.3 is 14.8 Å². The Balaban J connectivity index is 3.60. The standard InChI is InChI=1S/C11H24O6Si2/c1-10(2)11(12)16-6-7-17-18-8-9-19(13-3,14-4)15-5/h1,6-9,18H2,2-5H3. The minimum Gasteiger partial charge on any atom is -0.460 e. The number of carbonyl (C=O) groups is 1. The van der Waals surface area contributed by atoms with Crippen molar-refractivity contribution in [3.63, 3.8) is 0 Å². The normalized spacial score (nSPS) is 12.0. The monoisotopic (exact) mass is 308 g/mol. The fraction of sp³-hybridized carbons (Fsp3) is 0.727. The smallest absolute Gasteiger partial charge is 0.460 e. The summed E-state index contributed by atoms with van der Waals surface area (Å²) in [4.78, 5) is 11.1. The zero-order chi connectivity index (χ0) is 14.7. The molecular weight excluding hydrogens is 284 g/mol. The molecule has 0 rings (SSSR count). The molecule has 0 aromatic rings. The maximum Gasteiger partial charge on any atom is 0.499 e. The van der Waals surface area contributed by atoms with Gasteiger partial charge in [-0.3, -0.25) is 0 Å². The highest BCUT2D eigenvalue weighted by atomic mass is 28.4. The van der Waals surface area contributed by atoms with Crippen molar-refractivity contribution < 1.29 is 27.2 Å². The highest BCUT2D eigenvalue weighted by molar-refractivity contribution is 6.61. The topological polar surface area (TPSA) is 63.2 Å². The van der Waals surface area contributed by atoms with Crippen molar-refractivity contribution >= 4 is 24.5 Å². The maximum atomic E-state index is 11.1. The average molecular weight is 308 g/mol. The molecule has 0 heterocycles. The summed E-state index contributed by atoms with van der Waals surface area (Å²) in [5.41, 5.74) is 0.397. The van der Waals surface area contributed by atoms with E-state index in [1.54, 1.807) is 28.3 Å². The van der Waals surface area contributed by atoms with Crippen molar-refractivity contribution in [2.24, 2.45) is 0 Å². The van der Waals surface area contributed by atoms with Crippen molar-refractivity contribution in [1.82, 2.24) is 0 Å². The number of hydrogen-bond donors (Lipinski definition) is 0. The van der Waals surface area contributed by atoms with Crippen LogP contribution >= 0.6 is 0 Å². The molecular formula is C11H24O6Si2. The van der Waals surface area contributed by atoms with Gasteiger partial charge in [0.25, 0.3) is 0 Å². The molecule has 0 fully saturated rings. The Hall–Kier alpha value is -0.516. The number of carbonyl (C=O) groups excluding carboxylic acids is 1. The molecule has 0 aliphatic heterocycles. The van der Waals surface area contributed by atoms with E-state index in [2.05, 4.69) is 6.58 Å². The van der Waals surface area contributed by atoms with Gasteiger partial charge in [0.05, 0.1) is 6.61 Å². The summed E-state index contributed by atoms with van der Waals surface area (Å²) in [7, 11) is 1.65. The quantitative estimate of drug-likeness (QED) is 0.240. The summed E-state index contributed by atoms with van der Waals surface area (Å²) in [6.45, 7) is 5.80. The molecule has 0 aromatic carbocycles. The summed E-state index contributed by atoms with van der Waals surface area (Å²) >= 11 is 0. The van der Waals surface area contributed by atoms with Gasteiger partial charge in [0.15, 0.2) is 9.76 Å². The highest BCUT2D eigenvalue weighted by Gasteiger charge is 2.36. The van der Waals surface area contributed by atoms with E-state index in [9.17, 15) is 4.79 Å². The molecule has 0 amide bonds. The van der Waals surface area contributed by atoms with Crippen molar-refractivity contribution in [3.8, 4) is 0 Å². The second-order valence-corrected chi connectivity index (χ2v) is 8.54. The molecule has 0 unspecified atom stereocenters. The minimum absolute atomic E-state index is 0.264.